The van der Waals surface area contributed by atoms with Gasteiger partial charge in [0.05, 0.1) is 14.1 Å². The van der Waals surface area contributed by atoms with Crippen LogP contribution in [0.15, 0.2) is 279 Å². The largest absolute Gasteiger partial charge is 0.349 e. The average Bonchev–Trinajstić information content (AvgIpc) is 1.62. The second-order valence-corrected chi connectivity index (χ2v) is 25.3. The Morgan fingerprint density at radius 2 is 0.602 bits per heavy atom. The molecule has 0 atom stereocenters. The van der Waals surface area contributed by atoms with Crippen molar-refractivity contribution in [3.05, 3.63) is 324 Å². The highest BCUT2D eigenvalue weighted by Gasteiger charge is 2.27. The van der Waals surface area contributed by atoms with E-state index >= 15 is 0 Å². The second kappa shape index (κ2) is 28.4. The first-order valence-electron chi connectivity index (χ1n) is 34.0. The molecule has 8 heterocycles. The van der Waals surface area contributed by atoms with Gasteiger partial charge in [0.1, 0.15) is 47.6 Å². The van der Waals surface area contributed by atoms with Gasteiger partial charge >= 0.3 is 11.3 Å². The lowest BCUT2D eigenvalue weighted by atomic mass is 10.0. The Morgan fingerprint density at radius 3 is 1.00 bits per heavy atom. The van der Waals surface area contributed by atoms with Gasteiger partial charge in [0, 0.05) is 94.0 Å². The van der Waals surface area contributed by atoms with E-state index in [1.54, 1.807) is 0 Å². The van der Waals surface area contributed by atoms with E-state index in [9.17, 15) is 0 Å². The van der Waals surface area contributed by atoms with Crippen molar-refractivity contribution in [2.24, 2.45) is 28.2 Å². The van der Waals surface area contributed by atoms with Crippen molar-refractivity contribution in [3.8, 4) is 67.8 Å². The highest BCUT2D eigenvalue weighted by atomic mass is 15.2. The van der Waals surface area contributed by atoms with E-state index in [0.29, 0.717) is 0 Å². The number of hydrogen-bond acceptors (Lipinski definition) is 2. The van der Waals surface area contributed by atoms with Crippen molar-refractivity contribution in [2.75, 3.05) is 0 Å². The molecule has 98 heavy (non-hydrogen) atoms. The van der Waals surface area contributed by atoms with Gasteiger partial charge in [-0.25, -0.2) is 9.13 Å². The number of benzene rings is 8. The van der Waals surface area contributed by atoms with E-state index in [1.165, 1.54) is 112 Å². The van der Waals surface area contributed by atoms with Crippen LogP contribution in [-0.2, 0) is 41.0 Å². The van der Waals surface area contributed by atoms with Gasteiger partial charge in [0.2, 0.25) is 34.1 Å². The fourth-order valence-electron chi connectivity index (χ4n) is 14.0. The van der Waals surface area contributed by atoms with Gasteiger partial charge in [-0.3, -0.25) is 9.13 Å². The van der Waals surface area contributed by atoms with Crippen LogP contribution < -0.4 is 18.3 Å². The van der Waals surface area contributed by atoms with Crippen molar-refractivity contribution in [2.45, 2.75) is 68.2 Å². The minimum Gasteiger partial charge on any atom is -0.308 e. The zero-order valence-electron chi connectivity index (χ0n) is 58.4. The molecule has 16 aromatic rings. The molecule has 0 radical (unpaired) electrons. The molecule has 0 amide bonds. The Bertz CT molecular complexity index is 5180. The van der Waals surface area contributed by atoms with Crippen molar-refractivity contribution in [1.29, 1.82) is 0 Å². The average molecular weight is 1280 g/mol. The first kappa shape index (κ1) is 65.1. The first-order valence-corrected chi connectivity index (χ1v) is 34.0. The molecule has 0 aliphatic heterocycles. The maximum absolute atomic E-state index is 4.95. The number of fused-ring (bicyclic) bond motifs is 4. The Morgan fingerprint density at radius 1 is 0.286 bits per heavy atom. The molecular weight excluding hydrogens is 1200 g/mol. The summed E-state index contributed by atoms with van der Waals surface area (Å²) in [4.78, 5) is 9.78. The van der Waals surface area contributed by atoms with Crippen LogP contribution in [0.25, 0.3) is 112 Å². The van der Waals surface area contributed by atoms with Gasteiger partial charge in [-0.1, -0.05) is 172 Å². The molecular formula is C88H86N10+4. The predicted molar refractivity (Wildman–Crippen MR) is 402 cm³/mol. The first-order chi connectivity index (χ1) is 47.7. The normalized spacial score (nSPS) is 11.1. The van der Waals surface area contributed by atoms with Crippen LogP contribution >= 0.6 is 0 Å². The minimum absolute atomic E-state index is 0.892. The van der Waals surface area contributed by atoms with Gasteiger partial charge in [-0.15, -0.1) is 0 Å². The summed E-state index contributed by atoms with van der Waals surface area (Å²) in [7, 11) is 8.51. The number of aryl methyl sites for hydroxylation is 12. The summed E-state index contributed by atoms with van der Waals surface area (Å²) in [6, 6.07) is 98.4. The number of imidazole rings is 2. The van der Waals surface area contributed by atoms with Crippen molar-refractivity contribution in [1.82, 2.24) is 28.2 Å². The zero-order chi connectivity index (χ0) is 68.1. The van der Waals surface area contributed by atoms with Gasteiger partial charge in [-0.05, 0) is 170 Å². The fraction of sp³-hybridized carbons (Fsp3) is 0.159. The zero-order valence-corrected chi connectivity index (χ0v) is 58.4. The second-order valence-electron chi connectivity index (χ2n) is 25.3. The van der Waals surface area contributed by atoms with Crippen molar-refractivity contribution < 1.29 is 18.3 Å². The predicted octanol–water partition coefficient (Wildman–Crippen LogP) is 18.3. The topological polar surface area (TPSA) is 61.0 Å². The molecule has 0 bridgehead atoms. The van der Waals surface area contributed by atoms with Crippen LogP contribution in [-0.4, -0.2) is 28.2 Å². The summed E-state index contributed by atoms with van der Waals surface area (Å²) >= 11 is 0. The molecule has 0 saturated heterocycles. The number of rotatable bonds is 10. The van der Waals surface area contributed by atoms with Crippen molar-refractivity contribution >= 4 is 44.4 Å². The molecule has 0 aliphatic rings. The molecule has 0 unspecified atom stereocenters. The van der Waals surface area contributed by atoms with E-state index < -0.39 is 0 Å². The van der Waals surface area contributed by atoms with Gasteiger partial charge in [-0.2, -0.15) is 9.13 Å². The lowest BCUT2D eigenvalue weighted by molar-refractivity contribution is -0.635. The SMILES string of the molecule is CCc1cc2c(ccc(-c3ccccc3C)[n+]2C)n1-c1ccccc1.CCc1nc2c(ccc(-c3ccccc3C)[n+]2C)n1-c1ccccc1.Cc1ccccc1-c1ccc2c(cc(C)n2-c2ccccc2)[n+]1C.Cc1ccccc1-c1ccc2c(nc(C)n2-c2ccccc2)[n+]1C. The number of pyridine rings is 4. The number of aromatic nitrogens is 10. The monoisotopic (exact) mass is 1280 g/mol. The van der Waals surface area contributed by atoms with Gasteiger partial charge < -0.3 is 9.13 Å². The summed E-state index contributed by atoms with van der Waals surface area (Å²) in [6.07, 6.45) is 1.90. The van der Waals surface area contributed by atoms with E-state index in [-0.39, 0.29) is 0 Å². The number of nitrogens with zero attached hydrogens (tertiary/aromatic N) is 10. The molecule has 8 aromatic carbocycles. The van der Waals surface area contributed by atoms with Gasteiger partial charge in [0.25, 0.3) is 0 Å². The van der Waals surface area contributed by atoms with Crippen LogP contribution in [0.3, 0.4) is 0 Å². The molecule has 0 saturated carbocycles. The molecule has 0 N–H and O–H groups in total. The summed E-state index contributed by atoms with van der Waals surface area (Å²) in [6.45, 7) is 17.2. The maximum atomic E-state index is 4.95. The standard InChI is InChI=1S/C23H23N2.C22H22N3.C22H21N2.C21H20N3/c1-4-18-16-23-22(25(18)19-11-6-5-7-12-19)15-14-21(24(23)3)20-13-9-8-10-17(20)2;1-4-21-23-22-20(25(21)17-11-6-5-7-12-17)15-14-19(24(22)3)18-13-9-8-10-16(18)2;1-16-9-7-8-12-19(16)20-13-14-21-22(23(20)3)15-17(2)24(21)18-10-5-4-6-11-18;1-15-9-7-8-12-18(15)19-13-14-20-21(23(19)3)22-16(2)24(20)17-10-5-4-6-11-17/h5-16H,4H2,1-3H3;5-15H,4H2,1-3H3;4-15H,1-3H3;4-14H,1-3H3/q4*+1. The Kier molecular flexibility index (Phi) is 18.8. The summed E-state index contributed by atoms with van der Waals surface area (Å²) in [5.74, 6) is 2.08. The third-order valence-electron chi connectivity index (χ3n) is 19.1. The molecule has 0 fully saturated rings. The lowest BCUT2D eigenvalue weighted by Crippen LogP contribution is -2.32. The van der Waals surface area contributed by atoms with E-state index in [2.05, 4.69) is 387 Å². The molecule has 16 rings (SSSR count). The Balaban J connectivity index is 0.000000118. The smallest absolute Gasteiger partial charge is 0.308 e. The summed E-state index contributed by atoms with van der Waals surface area (Å²) < 4.78 is 18.2. The third-order valence-corrected chi connectivity index (χ3v) is 19.1. The third kappa shape index (κ3) is 12.5. The number of hydrogen-bond donors (Lipinski definition) is 0. The maximum Gasteiger partial charge on any atom is 0.349 e. The van der Waals surface area contributed by atoms with Crippen LogP contribution in [0.5, 0.6) is 0 Å². The number of para-hydroxylation sites is 4. The minimum atomic E-state index is 0.892. The van der Waals surface area contributed by atoms with Crippen LogP contribution in [0.4, 0.5) is 0 Å². The highest BCUT2D eigenvalue weighted by molar-refractivity contribution is 5.81. The molecule has 484 valence electrons. The van der Waals surface area contributed by atoms with Crippen LogP contribution in [0, 0.1) is 41.5 Å². The lowest BCUT2D eigenvalue weighted by Gasteiger charge is -2.09. The quantitative estimate of drug-likeness (QED) is 0.128. The van der Waals surface area contributed by atoms with E-state index in [1.807, 2.05) is 12.1 Å². The molecule has 0 spiro atoms. The van der Waals surface area contributed by atoms with E-state index in [0.717, 1.165) is 58.2 Å². The Labute approximate surface area is 576 Å². The summed E-state index contributed by atoms with van der Waals surface area (Å²) in [5, 5.41) is 0. The molecule has 10 heteroatoms. The highest BCUT2D eigenvalue weighted by Crippen LogP contribution is 2.31. The summed E-state index contributed by atoms with van der Waals surface area (Å²) in [5.41, 5.74) is 31.6. The molecule has 0 aliphatic carbocycles. The van der Waals surface area contributed by atoms with Gasteiger partial charge in [0.15, 0.2) is 0 Å². The fourth-order valence-corrected chi connectivity index (χ4v) is 14.0. The van der Waals surface area contributed by atoms with Crippen LogP contribution in [0.1, 0.15) is 59.1 Å². The Hall–Kier alpha value is -11.6. The van der Waals surface area contributed by atoms with Crippen molar-refractivity contribution in [3.63, 3.8) is 0 Å². The van der Waals surface area contributed by atoms with E-state index in [4.69, 9.17) is 9.97 Å². The molecule has 10 nitrogen and oxygen atoms in total. The van der Waals surface area contributed by atoms with Crippen LogP contribution in [0.2, 0.25) is 0 Å². The molecule has 8 aromatic heterocycles.